The predicted molar refractivity (Wildman–Crippen MR) is 148 cm³/mol. The van der Waals surface area contributed by atoms with Crippen molar-refractivity contribution >= 4 is 34.4 Å². The van der Waals surface area contributed by atoms with Crippen LogP contribution in [-0.4, -0.2) is 69.9 Å². The number of para-hydroxylation sites is 1. The van der Waals surface area contributed by atoms with Gasteiger partial charge in [-0.15, -0.1) is 11.6 Å². The van der Waals surface area contributed by atoms with Crippen molar-refractivity contribution in [3.8, 4) is 5.69 Å². The summed E-state index contributed by atoms with van der Waals surface area (Å²) in [4.78, 5) is 27.6. The van der Waals surface area contributed by atoms with Crippen molar-refractivity contribution in [3.05, 3.63) is 78.2 Å². The topological polar surface area (TPSA) is 76.4 Å². The van der Waals surface area contributed by atoms with Gasteiger partial charge >= 0.3 is 0 Å². The van der Waals surface area contributed by atoms with E-state index in [9.17, 15) is 4.79 Å². The standard InChI is InChI=1S/C29H31ClN6O2/c30-25(21-8-3-1-4-9-21)29(37)35-15-7-14-34(16-17-35)27-24-20-31-36(23-10-5-2-6-11-23)28(24)33-26(32-27)22-12-18-38-19-13-22/h1-6,8-11,20,22,25H,7,12-19H2. The van der Waals surface area contributed by atoms with E-state index in [4.69, 9.17) is 31.4 Å². The van der Waals surface area contributed by atoms with Gasteiger partial charge in [0, 0.05) is 45.3 Å². The highest BCUT2D eigenvalue weighted by Gasteiger charge is 2.29. The molecule has 1 unspecified atom stereocenters. The summed E-state index contributed by atoms with van der Waals surface area (Å²) < 4.78 is 7.50. The lowest BCUT2D eigenvalue weighted by Gasteiger charge is -2.26. The first kappa shape index (κ1) is 24.8. The molecule has 0 bridgehead atoms. The number of hydrogen-bond acceptors (Lipinski definition) is 6. The van der Waals surface area contributed by atoms with Gasteiger partial charge < -0.3 is 14.5 Å². The number of ether oxygens (including phenoxy) is 1. The van der Waals surface area contributed by atoms with Crippen molar-refractivity contribution in [3.63, 3.8) is 0 Å². The highest BCUT2D eigenvalue weighted by atomic mass is 35.5. The fraction of sp³-hybridized carbons (Fsp3) is 0.379. The number of hydrogen-bond donors (Lipinski definition) is 0. The van der Waals surface area contributed by atoms with E-state index < -0.39 is 5.38 Å². The lowest BCUT2D eigenvalue weighted by Crippen LogP contribution is -2.37. The number of benzene rings is 2. The Kier molecular flexibility index (Phi) is 7.25. The van der Waals surface area contributed by atoms with Crippen LogP contribution in [0.1, 0.15) is 41.9 Å². The predicted octanol–water partition coefficient (Wildman–Crippen LogP) is 4.73. The van der Waals surface area contributed by atoms with Crippen LogP contribution in [0.5, 0.6) is 0 Å². The summed E-state index contributed by atoms with van der Waals surface area (Å²) >= 11 is 6.60. The van der Waals surface area contributed by atoms with E-state index in [0.717, 1.165) is 72.9 Å². The van der Waals surface area contributed by atoms with Gasteiger partial charge in [0.05, 0.1) is 17.3 Å². The molecule has 0 radical (unpaired) electrons. The molecule has 0 spiro atoms. The van der Waals surface area contributed by atoms with Crippen LogP contribution in [0.3, 0.4) is 0 Å². The summed E-state index contributed by atoms with van der Waals surface area (Å²) in [6.07, 6.45) is 4.51. The Bertz CT molecular complexity index is 1390. The maximum atomic E-state index is 13.3. The van der Waals surface area contributed by atoms with Gasteiger partial charge in [0.2, 0.25) is 5.91 Å². The molecule has 0 N–H and O–H groups in total. The molecule has 1 amide bonds. The van der Waals surface area contributed by atoms with E-state index in [1.807, 2.05) is 76.4 Å². The summed E-state index contributed by atoms with van der Waals surface area (Å²) in [6, 6.07) is 19.6. The van der Waals surface area contributed by atoms with Gasteiger partial charge in [-0.1, -0.05) is 48.5 Å². The maximum Gasteiger partial charge on any atom is 0.245 e. The molecule has 8 nitrogen and oxygen atoms in total. The number of carbonyl (C=O) groups excluding carboxylic acids is 1. The summed E-state index contributed by atoms with van der Waals surface area (Å²) in [7, 11) is 0. The molecule has 6 rings (SSSR count). The first-order valence-corrected chi connectivity index (χ1v) is 13.7. The van der Waals surface area contributed by atoms with E-state index in [2.05, 4.69) is 4.90 Å². The van der Waals surface area contributed by atoms with Crippen LogP contribution in [0, 0.1) is 0 Å². The molecule has 4 heterocycles. The number of anilines is 1. The molecule has 196 valence electrons. The summed E-state index contributed by atoms with van der Waals surface area (Å²) in [5.74, 6) is 1.93. The lowest BCUT2D eigenvalue weighted by atomic mass is 9.99. The van der Waals surface area contributed by atoms with E-state index >= 15 is 0 Å². The lowest BCUT2D eigenvalue weighted by molar-refractivity contribution is -0.130. The second-order valence-electron chi connectivity index (χ2n) is 9.86. The third kappa shape index (κ3) is 4.98. The van der Waals surface area contributed by atoms with Crippen molar-refractivity contribution in [2.75, 3.05) is 44.3 Å². The number of rotatable bonds is 5. The summed E-state index contributed by atoms with van der Waals surface area (Å²) in [6.45, 7) is 4.15. The molecule has 4 aromatic rings. The number of nitrogens with zero attached hydrogens (tertiary/aromatic N) is 6. The number of alkyl halides is 1. The highest BCUT2D eigenvalue weighted by Crippen LogP contribution is 2.32. The van der Waals surface area contributed by atoms with Crippen LogP contribution in [-0.2, 0) is 9.53 Å². The van der Waals surface area contributed by atoms with E-state index in [-0.39, 0.29) is 11.8 Å². The van der Waals surface area contributed by atoms with E-state index in [1.54, 1.807) is 0 Å². The third-order valence-corrected chi connectivity index (χ3v) is 7.87. The van der Waals surface area contributed by atoms with Crippen LogP contribution in [0.2, 0.25) is 0 Å². The second-order valence-corrected chi connectivity index (χ2v) is 10.3. The Morgan fingerprint density at radius 3 is 2.42 bits per heavy atom. The molecule has 0 aliphatic carbocycles. The molecular formula is C29H31ClN6O2. The minimum atomic E-state index is -0.683. The van der Waals surface area contributed by atoms with Crippen molar-refractivity contribution in [1.29, 1.82) is 0 Å². The van der Waals surface area contributed by atoms with Crippen molar-refractivity contribution in [1.82, 2.24) is 24.6 Å². The smallest absolute Gasteiger partial charge is 0.245 e. The molecule has 2 aliphatic heterocycles. The SMILES string of the molecule is O=C(C(Cl)c1ccccc1)N1CCCN(c2nc(C3CCOCC3)nc3c2cnn3-c2ccccc2)CC1. The zero-order valence-electron chi connectivity index (χ0n) is 21.2. The molecule has 0 saturated carbocycles. The zero-order valence-corrected chi connectivity index (χ0v) is 22.0. The summed E-state index contributed by atoms with van der Waals surface area (Å²) in [5, 5.41) is 4.95. The number of fused-ring (bicyclic) bond motifs is 1. The van der Waals surface area contributed by atoms with Gasteiger partial charge in [0.15, 0.2) is 5.65 Å². The minimum Gasteiger partial charge on any atom is -0.381 e. The van der Waals surface area contributed by atoms with Gasteiger partial charge in [-0.25, -0.2) is 14.6 Å². The second kappa shape index (κ2) is 11.1. The molecule has 2 saturated heterocycles. The molecule has 9 heteroatoms. The minimum absolute atomic E-state index is 0.0488. The van der Waals surface area contributed by atoms with Crippen LogP contribution < -0.4 is 4.90 Å². The largest absolute Gasteiger partial charge is 0.381 e. The van der Waals surface area contributed by atoms with Gasteiger partial charge in [0.25, 0.3) is 0 Å². The number of halogens is 1. The molecular weight excluding hydrogens is 500 g/mol. The fourth-order valence-electron chi connectivity index (χ4n) is 5.32. The number of amides is 1. The molecule has 2 aliphatic rings. The Morgan fingerprint density at radius 2 is 1.66 bits per heavy atom. The number of carbonyl (C=O) groups is 1. The Morgan fingerprint density at radius 1 is 0.921 bits per heavy atom. The number of aromatic nitrogens is 4. The fourth-order valence-corrected chi connectivity index (χ4v) is 5.61. The molecule has 2 fully saturated rings. The van der Waals surface area contributed by atoms with E-state index in [1.165, 1.54) is 0 Å². The Balaban J connectivity index is 1.31. The van der Waals surface area contributed by atoms with Crippen LogP contribution in [0.25, 0.3) is 16.7 Å². The quantitative estimate of drug-likeness (QED) is 0.347. The molecule has 38 heavy (non-hydrogen) atoms. The van der Waals surface area contributed by atoms with Crippen LogP contribution in [0.4, 0.5) is 5.82 Å². The van der Waals surface area contributed by atoms with Gasteiger partial charge in [-0.2, -0.15) is 5.10 Å². The normalized spacial score (nSPS) is 17.9. The Labute approximate surface area is 227 Å². The monoisotopic (exact) mass is 530 g/mol. The average molecular weight is 531 g/mol. The van der Waals surface area contributed by atoms with Gasteiger partial charge in [-0.3, -0.25) is 4.79 Å². The molecule has 1 atom stereocenters. The van der Waals surface area contributed by atoms with Crippen molar-refractivity contribution < 1.29 is 9.53 Å². The summed E-state index contributed by atoms with van der Waals surface area (Å²) in [5.41, 5.74) is 2.60. The first-order chi connectivity index (χ1) is 18.7. The third-order valence-electron chi connectivity index (χ3n) is 7.43. The zero-order chi connectivity index (χ0) is 25.9. The van der Waals surface area contributed by atoms with E-state index in [0.29, 0.717) is 19.6 Å². The highest BCUT2D eigenvalue weighted by molar-refractivity contribution is 6.30. The first-order valence-electron chi connectivity index (χ1n) is 13.3. The molecule has 2 aromatic carbocycles. The van der Waals surface area contributed by atoms with Crippen molar-refractivity contribution in [2.24, 2.45) is 0 Å². The van der Waals surface area contributed by atoms with Crippen LogP contribution in [0.15, 0.2) is 66.9 Å². The Hall–Kier alpha value is -3.49. The van der Waals surface area contributed by atoms with Crippen LogP contribution >= 0.6 is 11.6 Å². The van der Waals surface area contributed by atoms with Gasteiger partial charge in [-0.05, 0) is 37.0 Å². The molecule has 2 aromatic heterocycles. The van der Waals surface area contributed by atoms with Gasteiger partial charge in [0.1, 0.15) is 17.0 Å². The average Bonchev–Trinajstić information content (AvgIpc) is 3.26. The van der Waals surface area contributed by atoms with Crippen molar-refractivity contribution in [2.45, 2.75) is 30.6 Å². The maximum absolute atomic E-state index is 13.3.